The van der Waals surface area contributed by atoms with Crippen LogP contribution in [0.4, 0.5) is 0 Å². The predicted molar refractivity (Wildman–Crippen MR) is 97.1 cm³/mol. The molecular formula is C20H22N4O2. The molecule has 0 N–H and O–H groups in total. The summed E-state index contributed by atoms with van der Waals surface area (Å²) < 4.78 is 2.08. The van der Waals surface area contributed by atoms with Crippen molar-refractivity contribution in [3.8, 4) is 0 Å². The number of amides is 1. The van der Waals surface area contributed by atoms with Gasteiger partial charge in [0.05, 0.1) is 19.0 Å². The van der Waals surface area contributed by atoms with Gasteiger partial charge in [0.2, 0.25) is 5.91 Å². The minimum atomic E-state index is -0.0116. The van der Waals surface area contributed by atoms with E-state index in [9.17, 15) is 9.59 Å². The van der Waals surface area contributed by atoms with E-state index in [-0.39, 0.29) is 24.2 Å². The van der Waals surface area contributed by atoms with E-state index < -0.39 is 0 Å². The van der Waals surface area contributed by atoms with Crippen molar-refractivity contribution in [3.05, 3.63) is 53.1 Å². The predicted octanol–water partition coefficient (Wildman–Crippen LogP) is 2.70. The van der Waals surface area contributed by atoms with Gasteiger partial charge < -0.3 is 9.47 Å². The number of aryl methyl sites for hydroxylation is 1. The highest BCUT2D eigenvalue weighted by Crippen LogP contribution is 2.34. The van der Waals surface area contributed by atoms with Gasteiger partial charge in [-0.15, -0.1) is 10.2 Å². The summed E-state index contributed by atoms with van der Waals surface area (Å²) >= 11 is 0. The van der Waals surface area contributed by atoms with E-state index in [0.717, 1.165) is 29.2 Å². The van der Waals surface area contributed by atoms with Gasteiger partial charge in [-0.1, -0.05) is 30.3 Å². The second-order valence-corrected chi connectivity index (χ2v) is 7.08. The molecular weight excluding hydrogens is 328 g/mol. The van der Waals surface area contributed by atoms with E-state index in [0.29, 0.717) is 25.1 Å². The van der Waals surface area contributed by atoms with Gasteiger partial charge in [0.1, 0.15) is 5.82 Å². The Morgan fingerprint density at radius 2 is 1.96 bits per heavy atom. The van der Waals surface area contributed by atoms with Crippen molar-refractivity contribution in [1.82, 2.24) is 19.7 Å². The third-order valence-electron chi connectivity index (χ3n) is 5.30. The van der Waals surface area contributed by atoms with Crippen molar-refractivity contribution in [2.45, 2.75) is 45.7 Å². The molecule has 2 aliphatic rings. The maximum atomic E-state index is 12.9. The zero-order valence-corrected chi connectivity index (χ0v) is 15.1. The molecule has 2 aromatic rings. The molecule has 0 fully saturated rings. The van der Waals surface area contributed by atoms with Crippen LogP contribution in [0.3, 0.4) is 0 Å². The number of benzene rings is 1. The van der Waals surface area contributed by atoms with Crippen molar-refractivity contribution >= 4 is 17.3 Å². The van der Waals surface area contributed by atoms with Gasteiger partial charge in [-0.2, -0.15) is 0 Å². The smallest absolute Gasteiger partial charge is 0.227 e. The van der Waals surface area contributed by atoms with Crippen LogP contribution in [0, 0.1) is 6.92 Å². The average molecular weight is 350 g/mol. The number of hydrogen-bond acceptors (Lipinski definition) is 4. The van der Waals surface area contributed by atoms with Crippen LogP contribution >= 0.6 is 0 Å². The lowest BCUT2D eigenvalue weighted by Gasteiger charge is -2.32. The Labute approximate surface area is 152 Å². The van der Waals surface area contributed by atoms with Crippen LogP contribution in [0.25, 0.3) is 5.57 Å². The van der Waals surface area contributed by atoms with Crippen molar-refractivity contribution in [3.63, 3.8) is 0 Å². The lowest BCUT2D eigenvalue weighted by molar-refractivity contribution is -0.133. The SMILES string of the molecule is Cc1nnc2n1C(C)CN(C(=O)CC1=C(c3ccccc3)CCC1=O)C2. The number of carbonyl (C=O) groups is 2. The number of nitrogens with zero attached hydrogens (tertiary/aromatic N) is 4. The molecule has 1 aliphatic heterocycles. The van der Waals surface area contributed by atoms with Crippen LogP contribution in [0.5, 0.6) is 0 Å². The Bertz CT molecular complexity index is 898. The van der Waals surface area contributed by atoms with Crippen LogP contribution in [0.1, 0.15) is 49.4 Å². The molecule has 6 nitrogen and oxygen atoms in total. The second kappa shape index (κ2) is 6.52. The third kappa shape index (κ3) is 2.85. The lowest BCUT2D eigenvalue weighted by atomic mass is 9.99. The fraction of sp³-hybridized carbons (Fsp3) is 0.400. The largest absolute Gasteiger partial charge is 0.333 e. The van der Waals surface area contributed by atoms with Crippen LogP contribution in [0.15, 0.2) is 35.9 Å². The molecule has 6 heteroatoms. The highest BCUT2D eigenvalue weighted by Gasteiger charge is 2.31. The fourth-order valence-corrected chi connectivity index (χ4v) is 4.06. The Kier molecular flexibility index (Phi) is 4.18. The van der Waals surface area contributed by atoms with Gasteiger partial charge in [0, 0.05) is 18.5 Å². The van der Waals surface area contributed by atoms with Crippen LogP contribution < -0.4 is 0 Å². The van der Waals surface area contributed by atoms with Gasteiger partial charge in [0.25, 0.3) is 0 Å². The molecule has 26 heavy (non-hydrogen) atoms. The summed E-state index contributed by atoms with van der Waals surface area (Å²) in [6.45, 7) is 5.06. The van der Waals surface area contributed by atoms with Gasteiger partial charge in [0.15, 0.2) is 11.6 Å². The quantitative estimate of drug-likeness (QED) is 0.853. The number of carbonyl (C=O) groups excluding carboxylic acids is 2. The van der Waals surface area contributed by atoms with E-state index in [1.54, 1.807) is 4.90 Å². The Hall–Kier alpha value is -2.76. The van der Waals surface area contributed by atoms with Gasteiger partial charge >= 0.3 is 0 Å². The summed E-state index contributed by atoms with van der Waals surface area (Å²) in [5, 5.41) is 8.31. The normalized spacial score (nSPS) is 19.8. The highest BCUT2D eigenvalue weighted by molar-refractivity contribution is 6.10. The van der Waals surface area contributed by atoms with E-state index in [1.807, 2.05) is 37.3 Å². The van der Waals surface area contributed by atoms with Crippen molar-refractivity contribution < 1.29 is 9.59 Å². The van der Waals surface area contributed by atoms with E-state index in [4.69, 9.17) is 0 Å². The molecule has 2 heterocycles. The van der Waals surface area contributed by atoms with Crippen LogP contribution in [0.2, 0.25) is 0 Å². The summed E-state index contributed by atoms with van der Waals surface area (Å²) in [4.78, 5) is 27.1. The molecule has 4 rings (SSSR count). The Morgan fingerprint density at radius 1 is 1.19 bits per heavy atom. The van der Waals surface area contributed by atoms with Crippen molar-refractivity contribution in [2.75, 3.05) is 6.54 Å². The molecule has 134 valence electrons. The number of rotatable bonds is 3. The first-order valence-corrected chi connectivity index (χ1v) is 9.03. The molecule has 0 saturated carbocycles. The molecule has 1 aromatic heterocycles. The number of allylic oxidation sites excluding steroid dienone is 1. The van der Waals surface area contributed by atoms with Gasteiger partial charge in [-0.25, -0.2) is 0 Å². The molecule has 1 atom stereocenters. The maximum absolute atomic E-state index is 12.9. The Morgan fingerprint density at radius 3 is 2.73 bits per heavy atom. The van der Waals surface area contributed by atoms with Crippen molar-refractivity contribution in [2.24, 2.45) is 0 Å². The molecule has 0 radical (unpaired) electrons. The molecule has 0 saturated heterocycles. The third-order valence-corrected chi connectivity index (χ3v) is 5.30. The number of fused-ring (bicyclic) bond motifs is 1. The first kappa shape index (κ1) is 16.7. The molecule has 1 aromatic carbocycles. The maximum Gasteiger partial charge on any atom is 0.227 e. The van der Waals surface area contributed by atoms with Gasteiger partial charge in [-0.3, -0.25) is 9.59 Å². The molecule has 1 aliphatic carbocycles. The minimum absolute atomic E-state index is 0.0116. The van der Waals surface area contributed by atoms with Gasteiger partial charge in [-0.05, 0) is 31.4 Å². The average Bonchev–Trinajstić information content (AvgIpc) is 3.19. The van der Waals surface area contributed by atoms with Crippen LogP contribution in [-0.2, 0) is 16.1 Å². The first-order chi connectivity index (χ1) is 12.5. The zero-order chi connectivity index (χ0) is 18.3. The standard InChI is InChI=1S/C20H22N4O2/c1-13-11-23(12-19-22-21-14(2)24(13)19)20(26)10-17-16(8-9-18(17)25)15-6-4-3-5-7-15/h3-7,13H,8-12H2,1-2H3. The number of hydrogen-bond donors (Lipinski definition) is 0. The Balaban J connectivity index is 1.57. The zero-order valence-electron chi connectivity index (χ0n) is 15.1. The first-order valence-electron chi connectivity index (χ1n) is 9.03. The summed E-state index contributed by atoms with van der Waals surface area (Å²) in [6.07, 6.45) is 1.38. The topological polar surface area (TPSA) is 68.1 Å². The summed E-state index contributed by atoms with van der Waals surface area (Å²) in [5.74, 6) is 1.77. The molecule has 0 bridgehead atoms. The number of aromatic nitrogens is 3. The molecule has 1 amide bonds. The van der Waals surface area contributed by atoms with Crippen LogP contribution in [-0.4, -0.2) is 37.9 Å². The highest BCUT2D eigenvalue weighted by atomic mass is 16.2. The lowest BCUT2D eigenvalue weighted by Crippen LogP contribution is -2.40. The minimum Gasteiger partial charge on any atom is -0.333 e. The van der Waals surface area contributed by atoms with E-state index in [1.165, 1.54) is 0 Å². The monoisotopic (exact) mass is 350 g/mol. The summed E-state index contributed by atoms with van der Waals surface area (Å²) in [6, 6.07) is 10.0. The molecule has 1 unspecified atom stereocenters. The fourth-order valence-electron chi connectivity index (χ4n) is 4.06. The van der Waals surface area contributed by atoms with E-state index >= 15 is 0 Å². The van der Waals surface area contributed by atoms with Crippen molar-refractivity contribution in [1.29, 1.82) is 0 Å². The molecule has 0 spiro atoms. The number of ketones is 1. The second-order valence-electron chi connectivity index (χ2n) is 7.08. The summed E-state index contributed by atoms with van der Waals surface area (Å²) in [5.41, 5.74) is 2.74. The summed E-state index contributed by atoms with van der Waals surface area (Å²) in [7, 11) is 0. The number of Topliss-reactive ketones (excluding diaryl/α,β-unsaturated/α-hetero) is 1. The van der Waals surface area contributed by atoms with E-state index in [2.05, 4.69) is 21.7 Å².